The highest BCUT2D eigenvalue weighted by atomic mass is 32.1. The average molecular weight is 409 g/mol. The van der Waals surface area contributed by atoms with Crippen molar-refractivity contribution in [1.82, 2.24) is 14.9 Å². The van der Waals surface area contributed by atoms with E-state index in [2.05, 4.69) is 34.0 Å². The van der Waals surface area contributed by atoms with Crippen LogP contribution in [0.4, 0.5) is 5.13 Å². The maximum atomic E-state index is 12.6. The molecule has 1 fully saturated rings. The maximum absolute atomic E-state index is 12.6. The Kier molecular flexibility index (Phi) is 5.99. The summed E-state index contributed by atoms with van der Waals surface area (Å²) in [5.74, 6) is -0.160. The molecule has 1 saturated heterocycles. The Morgan fingerprint density at radius 1 is 1.14 bits per heavy atom. The monoisotopic (exact) mass is 408 g/mol. The second kappa shape index (κ2) is 8.82. The van der Waals surface area contributed by atoms with Gasteiger partial charge in [0.25, 0.3) is 5.91 Å². The molecule has 1 N–H and O–H groups in total. The number of nitrogens with one attached hydrogen (secondary N) is 1. The van der Waals surface area contributed by atoms with Crippen LogP contribution in [0.3, 0.4) is 0 Å². The highest BCUT2D eigenvalue weighted by Gasteiger charge is 2.22. The van der Waals surface area contributed by atoms with Crippen LogP contribution in [0.25, 0.3) is 11.4 Å². The molecule has 0 unspecified atom stereocenters. The minimum absolute atomic E-state index is 0.160. The fourth-order valence-corrected chi connectivity index (χ4v) is 4.26. The lowest BCUT2D eigenvalue weighted by Crippen LogP contribution is -2.44. The smallest absolute Gasteiger partial charge is 0.257 e. The summed E-state index contributed by atoms with van der Waals surface area (Å²) >= 11 is 1.39. The van der Waals surface area contributed by atoms with Gasteiger partial charge in [-0.15, -0.1) is 11.3 Å². The molecule has 150 valence electrons. The predicted molar refractivity (Wildman–Crippen MR) is 115 cm³/mol. The largest absolute Gasteiger partial charge is 0.373 e. The Labute approximate surface area is 174 Å². The summed E-state index contributed by atoms with van der Waals surface area (Å²) in [6.45, 7) is 6.92. The van der Waals surface area contributed by atoms with Crippen molar-refractivity contribution in [3.05, 3.63) is 65.2 Å². The van der Waals surface area contributed by atoms with E-state index >= 15 is 0 Å². The summed E-state index contributed by atoms with van der Waals surface area (Å²) in [6, 6.07) is 13.4. The summed E-state index contributed by atoms with van der Waals surface area (Å²) in [4.78, 5) is 23.7. The molecule has 0 spiro atoms. The van der Waals surface area contributed by atoms with Gasteiger partial charge in [0.2, 0.25) is 0 Å². The van der Waals surface area contributed by atoms with E-state index in [0.717, 1.165) is 31.0 Å². The Morgan fingerprint density at radius 3 is 2.59 bits per heavy atom. The quantitative estimate of drug-likeness (QED) is 0.689. The van der Waals surface area contributed by atoms with Crippen molar-refractivity contribution in [3.63, 3.8) is 0 Å². The van der Waals surface area contributed by atoms with Gasteiger partial charge in [-0.25, -0.2) is 4.98 Å². The summed E-state index contributed by atoms with van der Waals surface area (Å²) in [5.41, 5.74) is 3.36. The van der Waals surface area contributed by atoms with Gasteiger partial charge < -0.3 is 4.74 Å². The minimum Gasteiger partial charge on any atom is -0.373 e. The first-order valence-electron chi connectivity index (χ1n) is 9.72. The van der Waals surface area contributed by atoms with Crippen LogP contribution < -0.4 is 5.32 Å². The van der Waals surface area contributed by atoms with E-state index in [1.807, 2.05) is 47.8 Å². The van der Waals surface area contributed by atoms with E-state index in [0.29, 0.717) is 10.7 Å². The van der Waals surface area contributed by atoms with E-state index in [4.69, 9.17) is 4.74 Å². The summed E-state index contributed by atoms with van der Waals surface area (Å²) < 4.78 is 5.79. The minimum atomic E-state index is -0.160. The molecule has 1 aliphatic rings. The zero-order valence-electron chi connectivity index (χ0n) is 16.5. The lowest BCUT2D eigenvalue weighted by atomic mass is 10.1. The van der Waals surface area contributed by atoms with Gasteiger partial charge in [0.05, 0.1) is 17.9 Å². The van der Waals surface area contributed by atoms with Crippen molar-refractivity contribution in [3.8, 4) is 11.4 Å². The van der Waals surface area contributed by atoms with E-state index in [1.165, 1.54) is 16.9 Å². The lowest BCUT2D eigenvalue weighted by Gasteiger charge is -2.35. The van der Waals surface area contributed by atoms with Crippen LogP contribution in [0.1, 0.15) is 29.8 Å². The number of carbonyl (C=O) groups excluding carboxylic acids is 1. The van der Waals surface area contributed by atoms with Crippen LogP contribution in [-0.4, -0.2) is 46.1 Å². The number of hydrogen-bond donors (Lipinski definition) is 1. The standard InChI is InChI=1S/C22H24N4O2S/c1-15-11-26(12-16(2)28-15)13-17-6-8-18(9-7-17)21(27)25-22-24-20(14-29-22)19-5-3-4-10-23-19/h3-10,14-16H,11-13H2,1-2H3,(H,24,25,27)/t15-,16+. The summed E-state index contributed by atoms with van der Waals surface area (Å²) in [6.07, 6.45) is 2.23. The molecule has 4 rings (SSSR count). The summed E-state index contributed by atoms with van der Waals surface area (Å²) in [5, 5.41) is 5.33. The Morgan fingerprint density at radius 2 is 1.90 bits per heavy atom. The van der Waals surface area contributed by atoms with Crippen LogP contribution in [-0.2, 0) is 11.3 Å². The summed E-state index contributed by atoms with van der Waals surface area (Å²) in [7, 11) is 0. The molecule has 1 amide bonds. The molecule has 0 bridgehead atoms. The van der Waals surface area contributed by atoms with E-state index in [-0.39, 0.29) is 18.1 Å². The first-order chi connectivity index (χ1) is 14.1. The van der Waals surface area contributed by atoms with Gasteiger partial charge in [-0.05, 0) is 43.7 Å². The fourth-order valence-electron chi connectivity index (χ4n) is 3.57. The molecular weight excluding hydrogens is 384 g/mol. The molecular formula is C22H24N4O2S. The van der Waals surface area contributed by atoms with Crippen LogP contribution in [0.5, 0.6) is 0 Å². The fraction of sp³-hybridized carbons (Fsp3) is 0.318. The van der Waals surface area contributed by atoms with E-state index in [9.17, 15) is 4.79 Å². The first-order valence-corrected chi connectivity index (χ1v) is 10.6. The number of hydrogen-bond acceptors (Lipinski definition) is 6. The van der Waals surface area contributed by atoms with Crippen molar-refractivity contribution in [2.75, 3.05) is 18.4 Å². The molecule has 3 aromatic rings. The van der Waals surface area contributed by atoms with E-state index < -0.39 is 0 Å². The molecule has 3 heterocycles. The number of carbonyl (C=O) groups is 1. The van der Waals surface area contributed by atoms with E-state index in [1.54, 1.807) is 6.20 Å². The van der Waals surface area contributed by atoms with Gasteiger partial charge in [0, 0.05) is 36.8 Å². The van der Waals surface area contributed by atoms with Crippen LogP contribution >= 0.6 is 11.3 Å². The highest BCUT2D eigenvalue weighted by molar-refractivity contribution is 7.14. The average Bonchev–Trinajstić information content (AvgIpc) is 3.17. The zero-order valence-corrected chi connectivity index (χ0v) is 17.4. The van der Waals surface area contributed by atoms with Crippen LogP contribution in [0, 0.1) is 0 Å². The molecule has 0 aliphatic carbocycles. The number of morpholine rings is 1. The van der Waals surface area contributed by atoms with Gasteiger partial charge in [-0.2, -0.15) is 0 Å². The van der Waals surface area contributed by atoms with Crippen molar-refractivity contribution in [1.29, 1.82) is 0 Å². The molecule has 0 radical (unpaired) electrons. The molecule has 2 atom stereocenters. The van der Waals surface area contributed by atoms with Crippen LogP contribution in [0.15, 0.2) is 54.0 Å². The van der Waals surface area contributed by atoms with Gasteiger partial charge >= 0.3 is 0 Å². The maximum Gasteiger partial charge on any atom is 0.257 e. The molecule has 29 heavy (non-hydrogen) atoms. The number of amides is 1. The van der Waals surface area contributed by atoms with Crippen molar-refractivity contribution in [2.45, 2.75) is 32.6 Å². The number of benzene rings is 1. The number of aromatic nitrogens is 2. The number of pyridine rings is 1. The second-order valence-electron chi connectivity index (χ2n) is 7.36. The molecule has 1 aliphatic heterocycles. The van der Waals surface area contributed by atoms with Gasteiger partial charge in [-0.1, -0.05) is 18.2 Å². The van der Waals surface area contributed by atoms with Crippen molar-refractivity contribution in [2.24, 2.45) is 0 Å². The van der Waals surface area contributed by atoms with Gasteiger partial charge in [-0.3, -0.25) is 20.0 Å². The lowest BCUT2D eigenvalue weighted by molar-refractivity contribution is -0.0704. The first kappa shape index (κ1) is 19.7. The molecule has 1 aromatic carbocycles. The zero-order chi connectivity index (χ0) is 20.2. The number of rotatable bonds is 5. The third-order valence-electron chi connectivity index (χ3n) is 4.77. The third kappa shape index (κ3) is 5.06. The van der Waals surface area contributed by atoms with Crippen LogP contribution in [0.2, 0.25) is 0 Å². The van der Waals surface area contributed by atoms with Gasteiger partial charge in [0.15, 0.2) is 5.13 Å². The Bertz CT molecular complexity index is 948. The SMILES string of the molecule is C[C@@H]1CN(Cc2ccc(C(=O)Nc3nc(-c4ccccn4)cs3)cc2)C[C@H](C)O1. The number of anilines is 1. The molecule has 7 heteroatoms. The highest BCUT2D eigenvalue weighted by Crippen LogP contribution is 2.23. The Hall–Kier alpha value is -2.61. The van der Waals surface area contributed by atoms with Gasteiger partial charge in [0.1, 0.15) is 5.69 Å². The molecule has 6 nitrogen and oxygen atoms in total. The topological polar surface area (TPSA) is 67.4 Å². The molecule has 0 saturated carbocycles. The third-order valence-corrected chi connectivity index (χ3v) is 5.53. The number of nitrogens with zero attached hydrogens (tertiary/aromatic N) is 3. The predicted octanol–water partition coefficient (Wildman–Crippen LogP) is 4.07. The number of thiazole rings is 1. The van der Waals surface area contributed by atoms with Crippen molar-refractivity contribution >= 4 is 22.4 Å². The Balaban J connectivity index is 1.36. The number of ether oxygens (including phenoxy) is 1. The normalized spacial score (nSPS) is 19.8. The molecule has 2 aromatic heterocycles. The second-order valence-corrected chi connectivity index (χ2v) is 8.21. The van der Waals surface area contributed by atoms with Crippen molar-refractivity contribution < 1.29 is 9.53 Å².